The van der Waals surface area contributed by atoms with Crippen molar-refractivity contribution in [1.29, 1.82) is 0 Å². The maximum Gasteiger partial charge on any atom is 0.232 e. The lowest BCUT2D eigenvalue weighted by Crippen LogP contribution is -2.37. The summed E-state index contributed by atoms with van der Waals surface area (Å²) in [7, 11) is 0. The molecule has 2 fully saturated rings. The van der Waals surface area contributed by atoms with Gasteiger partial charge in [0.2, 0.25) is 5.95 Å². The molecule has 1 aromatic carbocycles. The Morgan fingerprint density at radius 1 is 1.00 bits per heavy atom. The molecule has 2 aliphatic heterocycles. The van der Waals surface area contributed by atoms with E-state index in [0.717, 1.165) is 48.4 Å². The van der Waals surface area contributed by atoms with Gasteiger partial charge in [0.05, 0.1) is 0 Å². The molecule has 172 valence electrons. The number of halogens is 1. The Morgan fingerprint density at radius 2 is 1.56 bits per heavy atom. The lowest BCUT2D eigenvalue weighted by Gasteiger charge is -2.35. The van der Waals surface area contributed by atoms with Crippen LogP contribution in [-0.2, 0) is 6.54 Å². The third-order valence-corrected chi connectivity index (χ3v) is 6.75. The van der Waals surface area contributed by atoms with Crippen LogP contribution in [-0.4, -0.2) is 41.3 Å². The maximum atomic E-state index is 5.97. The number of piperidine rings is 2. The Hall–Kier alpha value is -2.12. The Kier molecular flexibility index (Phi) is 7.68. The summed E-state index contributed by atoms with van der Waals surface area (Å²) >= 11 is 11.5. The minimum absolute atomic E-state index is 0.516. The van der Waals surface area contributed by atoms with E-state index in [2.05, 4.69) is 40.3 Å². The molecule has 6 nitrogen and oxygen atoms in total. The minimum Gasteiger partial charge on any atom is -0.358 e. The van der Waals surface area contributed by atoms with Crippen molar-refractivity contribution >= 4 is 46.5 Å². The molecule has 2 saturated heterocycles. The van der Waals surface area contributed by atoms with Crippen LogP contribution in [0.3, 0.4) is 0 Å². The Morgan fingerprint density at radius 3 is 2.09 bits per heavy atom. The second-order valence-electron chi connectivity index (χ2n) is 9.23. The molecule has 8 heteroatoms. The van der Waals surface area contributed by atoms with E-state index in [1.807, 2.05) is 24.3 Å². The summed E-state index contributed by atoms with van der Waals surface area (Å²) in [5, 5.41) is 7.72. The third kappa shape index (κ3) is 6.23. The molecular formula is C24H33ClN6S. The standard InChI is InChI=1S/C24H33ClN6S/c1-17-5-3-11-30(15-17)21-13-22(31-12-4-6-18(2)16-31)28-23(27-21)29-24(32)26-14-19-7-9-20(25)10-8-19/h7-10,13,17-18H,3-6,11-12,14-16H2,1-2H3,(H2,26,27,28,29,32)/t17-,18-/m1/s1. The Labute approximate surface area is 201 Å². The average Bonchev–Trinajstić information content (AvgIpc) is 2.78. The molecule has 2 aliphatic rings. The van der Waals surface area contributed by atoms with Crippen LogP contribution >= 0.6 is 23.8 Å². The lowest BCUT2D eigenvalue weighted by atomic mass is 10.00. The molecule has 2 aromatic rings. The summed E-state index contributed by atoms with van der Waals surface area (Å²) in [5.41, 5.74) is 1.11. The first-order valence-corrected chi connectivity index (χ1v) is 12.4. The maximum absolute atomic E-state index is 5.97. The Bertz CT molecular complexity index is 881. The predicted octanol–water partition coefficient (Wildman–Crippen LogP) is 5.09. The normalized spacial score (nSPS) is 21.3. The van der Waals surface area contributed by atoms with Crippen LogP contribution in [0.2, 0.25) is 5.02 Å². The van der Waals surface area contributed by atoms with Crippen molar-refractivity contribution in [2.24, 2.45) is 11.8 Å². The van der Waals surface area contributed by atoms with Crippen molar-refractivity contribution in [3.05, 3.63) is 40.9 Å². The van der Waals surface area contributed by atoms with Crippen LogP contribution in [0.25, 0.3) is 0 Å². The molecule has 1 aromatic heterocycles. The van der Waals surface area contributed by atoms with Crippen molar-refractivity contribution in [2.45, 2.75) is 46.1 Å². The fraction of sp³-hybridized carbons (Fsp3) is 0.542. The van der Waals surface area contributed by atoms with Gasteiger partial charge in [-0.1, -0.05) is 37.6 Å². The summed E-state index contributed by atoms with van der Waals surface area (Å²) in [4.78, 5) is 14.5. The molecule has 0 aliphatic carbocycles. The van der Waals surface area contributed by atoms with Crippen LogP contribution in [0.4, 0.5) is 17.6 Å². The number of nitrogens with one attached hydrogen (secondary N) is 2. The van der Waals surface area contributed by atoms with Gasteiger partial charge in [0.15, 0.2) is 5.11 Å². The number of anilines is 3. The van der Waals surface area contributed by atoms with Gasteiger partial charge in [0, 0.05) is 43.8 Å². The number of nitrogens with zero attached hydrogens (tertiary/aromatic N) is 4. The smallest absolute Gasteiger partial charge is 0.232 e. The van der Waals surface area contributed by atoms with Crippen LogP contribution in [0.1, 0.15) is 45.1 Å². The molecule has 0 bridgehead atoms. The Balaban J connectivity index is 1.50. The molecule has 0 saturated carbocycles. The molecule has 2 N–H and O–H groups in total. The summed E-state index contributed by atoms with van der Waals surface area (Å²) in [6.45, 7) is 9.39. The van der Waals surface area contributed by atoms with Crippen molar-refractivity contribution in [1.82, 2.24) is 15.3 Å². The first-order valence-electron chi connectivity index (χ1n) is 11.6. The second-order valence-corrected chi connectivity index (χ2v) is 10.1. The molecule has 0 spiro atoms. The zero-order valence-electron chi connectivity index (χ0n) is 19.0. The van der Waals surface area contributed by atoms with Gasteiger partial charge in [-0.25, -0.2) is 0 Å². The van der Waals surface area contributed by atoms with E-state index in [0.29, 0.717) is 29.4 Å². The van der Waals surface area contributed by atoms with E-state index >= 15 is 0 Å². The molecule has 4 rings (SSSR count). The lowest BCUT2D eigenvalue weighted by molar-refractivity contribution is 0.441. The number of hydrogen-bond donors (Lipinski definition) is 2. The third-order valence-electron chi connectivity index (χ3n) is 6.25. The van der Waals surface area contributed by atoms with Gasteiger partial charge in [0.25, 0.3) is 0 Å². The average molecular weight is 473 g/mol. The summed E-state index contributed by atoms with van der Waals surface area (Å²) in [6.07, 6.45) is 4.96. The molecular weight excluding hydrogens is 440 g/mol. The van der Waals surface area contributed by atoms with E-state index in [4.69, 9.17) is 33.8 Å². The quantitative estimate of drug-likeness (QED) is 0.588. The van der Waals surface area contributed by atoms with Gasteiger partial charge in [-0.3, -0.25) is 0 Å². The monoisotopic (exact) mass is 472 g/mol. The zero-order chi connectivity index (χ0) is 22.5. The fourth-order valence-corrected chi connectivity index (χ4v) is 4.82. The largest absolute Gasteiger partial charge is 0.358 e. The van der Waals surface area contributed by atoms with E-state index < -0.39 is 0 Å². The van der Waals surface area contributed by atoms with E-state index in [1.165, 1.54) is 25.7 Å². The van der Waals surface area contributed by atoms with E-state index in [9.17, 15) is 0 Å². The molecule has 0 amide bonds. The zero-order valence-corrected chi connectivity index (χ0v) is 20.6. The second kappa shape index (κ2) is 10.7. The number of hydrogen-bond acceptors (Lipinski definition) is 5. The van der Waals surface area contributed by atoms with Gasteiger partial charge < -0.3 is 20.4 Å². The van der Waals surface area contributed by atoms with Gasteiger partial charge >= 0.3 is 0 Å². The number of rotatable bonds is 5. The summed E-state index contributed by atoms with van der Waals surface area (Å²) in [6, 6.07) is 9.90. The van der Waals surface area contributed by atoms with Gasteiger partial charge in [-0.2, -0.15) is 9.97 Å². The van der Waals surface area contributed by atoms with Crippen LogP contribution < -0.4 is 20.4 Å². The van der Waals surface area contributed by atoms with Crippen molar-refractivity contribution in [3.63, 3.8) is 0 Å². The van der Waals surface area contributed by atoms with Gasteiger partial charge in [-0.05, 0) is 67.4 Å². The van der Waals surface area contributed by atoms with Gasteiger partial charge in [-0.15, -0.1) is 0 Å². The van der Waals surface area contributed by atoms with Gasteiger partial charge in [0.1, 0.15) is 11.6 Å². The highest BCUT2D eigenvalue weighted by Gasteiger charge is 2.23. The first-order chi connectivity index (χ1) is 15.5. The minimum atomic E-state index is 0.516. The van der Waals surface area contributed by atoms with Crippen molar-refractivity contribution in [3.8, 4) is 0 Å². The summed E-state index contributed by atoms with van der Waals surface area (Å²) in [5.74, 6) is 3.89. The topological polar surface area (TPSA) is 56.3 Å². The summed E-state index contributed by atoms with van der Waals surface area (Å²) < 4.78 is 0. The van der Waals surface area contributed by atoms with E-state index in [1.54, 1.807) is 0 Å². The first kappa shape index (κ1) is 23.1. The van der Waals surface area contributed by atoms with Crippen LogP contribution in [0.15, 0.2) is 30.3 Å². The highest BCUT2D eigenvalue weighted by atomic mass is 35.5. The predicted molar refractivity (Wildman–Crippen MR) is 138 cm³/mol. The number of benzene rings is 1. The molecule has 3 heterocycles. The molecule has 0 unspecified atom stereocenters. The van der Waals surface area contributed by atoms with Crippen molar-refractivity contribution < 1.29 is 0 Å². The highest BCUT2D eigenvalue weighted by Crippen LogP contribution is 2.28. The molecule has 2 atom stereocenters. The SMILES string of the molecule is C[C@@H]1CCCN(c2cc(N3CCC[C@@H](C)C3)nc(NC(=S)NCc3ccc(Cl)cc3)n2)C1. The fourth-order valence-electron chi connectivity index (χ4n) is 4.53. The molecule has 32 heavy (non-hydrogen) atoms. The number of aromatic nitrogens is 2. The highest BCUT2D eigenvalue weighted by molar-refractivity contribution is 7.80. The number of thiocarbonyl (C=S) groups is 1. The van der Waals surface area contributed by atoms with Crippen molar-refractivity contribution in [2.75, 3.05) is 41.3 Å². The molecule has 0 radical (unpaired) electrons. The van der Waals surface area contributed by atoms with Crippen LogP contribution in [0.5, 0.6) is 0 Å². The van der Waals surface area contributed by atoms with Crippen LogP contribution in [0, 0.1) is 11.8 Å². The van der Waals surface area contributed by atoms with E-state index in [-0.39, 0.29) is 0 Å².